The first-order valence-corrected chi connectivity index (χ1v) is 7.13. The van der Waals surface area contributed by atoms with Crippen LogP contribution in [0.5, 0.6) is 0 Å². The lowest BCUT2D eigenvalue weighted by atomic mass is 10.1. The number of nitrogens with two attached hydrogens (primary N) is 1. The Morgan fingerprint density at radius 2 is 2.10 bits per heavy atom. The summed E-state index contributed by atoms with van der Waals surface area (Å²) >= 11 is 7.14. The van der Waals surface area contributed by atoms with Crippen molar-refractivity contribution in [2.24, 2.45) is 5.73 Å². The summed E-state index contributed by atoms with van der Waals surface area (Å²) in [7, 11) is 0. The molecule has 0 aliphatic heterocycles. The molecule has 3 rings (SSSR count). The Labute approximate surface area is 122 Å². The highest BCUT2D eigenvalue weighted by molar-refractivity contribution is 8.00. The fraction of sp³-hybridized carbons (Fsp3) is 0.0714. The smallest absolute Gasteiger partial charge is 0.227 e. The van der Waals surface area contributed by atoms with Crippen molar-refractivity contribution < 1.29 is 13.6 Å². The molecule has 0 fully saturated rings. The molecule has 0 unspecified atom stereocenters. The molecule has 0 saturated carbocycles. The van der Waals surface area contributed by atoms with E-state index in [1.165, 1.54) is 17.8 Å². The van der Waals surface area contributed by atoms with Crippen LogP contribution in [0.1, 0.15) is 0 Å². The highest BCUT2D eigenvalue weighted by Crippen LogP contribution is 2.35. The highest BCUT2D eigenvalue weighted by Gasteiger charge is 2.13. The van der Waals surface area contributed by atoms with Gasteiger partial charge in [-0.1, -0.05) is 11.6 Å². The maximum absolute atomic E-state index is 14.1. The lowest BCUT2D eigenvalue weighted by molar-refractivity contribution is -0.115. The van der Waals surface area contributed by atoms with E-state index in [1.54, 1.807) is 24.3 Å². The van der Waals surface area contributed by atoms with E-state index in [0.717, 1.165) is 5.39 Å². The Bertz CT molecular complexity index is 831. The van der Waals surface area contributed by atoms with Gasteiger partial charge >= 0.3 is 0 Å². The third-order valence-corrected chi connectivity index (χ3v) is 4.08. The second kappa shape index (κ2) is 5.00. The van der Waals surface area contributed by atoms with Crippen LogP contribution >= 0.6 is 23.4 Å². The van der Waals surface area contributed by atoms with Gasteiger partial charge in [0, 0.05) is 20.7 Å². The zero-order valence-corrected chi connectivity index (χ0v) is 11.7. The molecule has 3 aromatic rings. The van der Waals surface area contributed by atoms with E-state index in [9.17, 15) is 9.18 Å². The molecule has 0 saturated heterocycles. The molecule has 6 heteroatoms. The molecule has 0 bridgehead atoms. The van der Waals surface area contributed by atoms with Crippen molar-refractivity contribution in [3.8, 4) is 0 Å². The summed E-state index contributed by atoms with van der Waals surface area (Å²) in [5.74, 6) is -0.820. The fourth-order valence-corrected chi connectivity index (χ4v) is 2.89. The first kappa shape index (κ1) is 13.3. The molecule has 0 aliphatic rings. The van der Waals surface area contributed by atoms with Gasteiger partial charge in [-0.3, -0.25) is 4.79 Å². The monoisotopic (exact) mass is 309 g/mol. The van der Waals surface area contributed by atoms with Gasteiger partial charge in [0.2, 0.25) is 5.91 Å². The molecule has 1 amide bonds. The summed E-state index contributed by atoms with van der Waals surface area (Å²) in [6.45, 7) is 0. The summed E-state index contributed by atoms with van der Waals surface area (Å²) in [6, 6.07) is 8.22. The van der Waals surface area contributed by atoms with Crippen molar-refractivity contribution in [3.05, 3.63) is 41.2 Å². The third-order valence-electron chi connectivity index (χ3n) is 2.84. The van der Waals surface area contributed by atoms with Crippen molar-refractivity contribution >= 4 is 51.2 Å². The number of rotatable bonds is 3. The van der Waals surface area contributed by atoms with E-state index in [0.29, 0.717) is 20.9 Å². The van der Waals surface area contributed by atoms with Crippen LogP contribution in [0.15, 0.2) is 39.6 Å². The summed E-state index contributed by atoms with van der Waals surface area (Å²) < 4.78 is 19.5. The van der Waals surface area contributed by atoms with Gasteiger partial charge in [-0.25, -0.2) is 4.39 Å². The van der Waals surface area contributed by atoms with Crippen molar-refractivity contribution in [1.82, 2.24) is 0 Å². The maximum Gasteiger partial charge on any atom is 0.227 e. The van der Waals surface area contributed by atoms with E-state index in [1.807, 2.05) is 0 Å². The number of carbonyl (C=O) groups excluding carboxylic acids is 1. The van der Waals surface area contributed by atoms with Crippen molar-refractivity contribution in [2.75, 3.05) is 5.75 Å². The number of amides is 1. The number of primary amides is 1. The minimum atomic E-state index is -0.471. The molecule has 0 atom stereocenters. The highest BCUT2D eigenvalue weighted by atomic mass is 35.5. The van der Waals surface area contributed by atoms with Gasteiger partial charge in [-0.15, -0.1) is 11.8 Å². The predicted molar refractivity (Wildman–Crippen MR) is 78.6 cm³/mol. The van der Waals surface area contributed by atoms with Gasteiger partial charge in [0.15, 0.2) is 11.4 Å². The van der Waals surface area contributed by atoms with Crippen LogP contribution in [0.25, 0.3) is 21.9 Å². The number of halogens is 2. The number of carbonyl (C=O) groups is 1. The Morgan fingerprint density at radius 3 is 2.85 bits per heavy atom. The number of hydrogen-bond acceptors (Lipinski definition) is 3. The third kappa shape index (κ3) is 2.34. The molecule has 1 heterocycles. The van der Waals surface area contributed by atoms with E-state index in [-0.39, 0.29) is 11.3 Å². The van der Waals surface area contributed by atoms with E-state index >= 15 is 0 Å². The van der Waals surface area contributed by atoms with Gasteiger partial charge in [0.1, 0.15) is 5.58 Å². The summed E-state index contributed by atoms with van der Waals surface area (Å²) in [4.78, 5) is 11.4. The van der Waals surface area contributed by atoms with Crippen molar-refractivity contribution in [3.63, 3.8) is 0 Å². The summed E-state index contributed by atoms with van der Waals surface area (Å²) in [5.41, 5.74) is 5.85. The first-order chi connectivity index (χ1) is 9.54. The normalized spacial score (nSPS) is 11.3. The molecular weight excluding hydrogens is 301 g/mol. The average molecular weight is 310 g/mol. The van der Waals surface area contributed by atoms with Crippen molar-refractivity contribution in [1.29, 1.82) is 0 Å². The molecule has 0 radical (unpaired) electrons. The van der Waals surface area contributed by atoms with Crippen LogP contribution in [-0.4, -0.2) is 11.7 Å². The number of thioether (sulfide) groups is 1. The van der Waals surface area contributed by atoms with Crippen LogP contribution in [-0.2, 0) is 4.79 Å². The number of fused-ring (bicyclic) bond motifs is 3. The van der Waals surface area contributed by atoms with E-state index in [4.69, 9.17) is 21.8 Å². The molecule has 1 aromatic heterocycles. The van der Waals surface area contributed by atoms with Gasteiger partial charge < -0.3 is 10.2 Å². The van der Waals surface area contributed by atoms with Gasteiger partial charge in [0.25, 0.3) is 0 Å². The van der Waals surface area contributed by atoms with Crippen LogP contribution in [0.2, 0.25) is 5.02 Å². The second-order valence-corrected chi connectivity index (χ2v) is 5.76. The van der Waals surface area contributed by atoms with Gasteiger partial charge in [0.05, 0.1) is 5.75 Å². The Balaban J connectivity index is 2.19. The summed E-state index contributed by atoms with van der Waals surface area (Å²) in [6.07, 6.45) is 0. The van der Waals surface area contributed by atoms with Crippen LogP contribution in [0, 0.1) is 5.82 Å². The molecule has 3 nitrogen and oxygen atoms in total. The summed E-state index contributed by atoms with van der Waals surface area (Å²) in [5, 5.41) is 1.93. The number of hydrogen-bond donors (Lipinski definition) is 1. The van der Waals surface area contributed by atoms with E-state index < -0.39 is 11.7 Å². The maximum atomic E-state index is 14.1. The van der Waals surface area contributed by atoms with Crippen LogP contribution in [0.3, 0.4) is 0 Å². The van der Waals surface area contributed by atoms with Crippen LogP contribution < -0.4 is 5.73 Å². The molecule has 2 N–H and O–H groups in total. The molecule has 0 spiro atoms. The zero-order valence-electron chi connectivity index (χ0n) is 10.2. The Hall–Kier alpha value is -1.72. The van der Waals surface area contributed by atoms with Crippen LogP contribution in [0.4, 0.5) is 4.39 Å². The minimum Gasteiger partial charge on any atom is -0.453 e. The predicted octanol–water partition coefficient (Wildman–Crippen LogP) is 3.96. The molecule has 0 aliphatic carbocycles. The zero-order chi connectivity index (χ0) is 14.3. The quantitative estimate of drug-likeness (QED) is 0.745. The lowest BCUT2D eigenvalue weighted by Gasteiger charge is -2.00. The fourth-order valence-electron chi connectivity index (χ4n) is 2.02. The van der Waals surface area contributed by atoms with Gasteiger partial charge in [-0.2, -0.15) is 0 Å². The number of furan rings is 1. The largest absolute Gasteiger partial charge is 0.453 e. The SMILES string of the molecule is NC(=O)CSc1cc(F)c2oc3ccc(Cl)cc3c2c1. The van der Waals surface area contributed by atoms with Crippen molar-refractivity contribution in [2.45, 2.75) is 4.90 Å². The van der Waals surface area contributed by atoms with E-state index in [2.05, 4.69) is 0 Å². The molecule has 2 aromatic carbocycles. The molecular formula is C14H9ClFNO2S. The minimum absolute atomic E-state index is 0.0987. The number of benzene rings is 2. The molecule has 102 valence electrons. The Morgan fingerprint density at radius 1 is 1.30 bits per heavy atom. The standard InChI is InChI=1S/C14H9ClFNO2S/c15-7-1-2-12-9(3-7)10-4-8(20-6-13(17)18)5-11(16)14(10)19-12/h1-5H,6H2,(H2,17,18). The lowest BCUT2D eigenvalue weighted by Crippen LogP contribution is -2.12. The molecule has 20 heavy (non-hydrogen) atoms. The van der Waals surface area contributed by atoms with Gasteiger partial charge in [-0.05, 0) is 30.3 Å². The Kier molecular flexibility index (Phi) is 3.31. The average Bonchev–Trinajstić information content (AvgIpc) is 2.75. The topological polar surface area (TPSA) is 56.2 Å². The second-order valence-electron chi connectivity index (χ2n) is 4.28. The first-order valence-electron chi connectivity index (χ1n) is 5.77.